The lowest BCUT2D eigenvalue weighted by molar-refractivity contribution is -0.125. The molecule has 1 atom stereocenters. The van der Waals surface area contributed by atoms with Gasteiger partial charge in [0.05, 0.1) is 13.7 Å². The van der Waals surface area contributed by atoms with E-state index in [9.17, 15) is 4.79 Å². The Morgan fingerprint density at radius 2 is 2.00 bits per heavy atom. The van der Waals surface area contributed by atoms with Crippen molar-refractivity contribution in [1.82, 2.24) is 5.06 Å². The van der Waals surface area contributed by atoms with Crippen LogP contribution in [0.25, 0.3) is 0 Å². The smallest absolute Gasteiger partial charge is 0.434 e. The van der Waals surface area contributed by atoms with Crippen LogP contribution in [0.3, 0.4) is 0 Å². The minimum absolute atomic E-state index is 0.150. The van der Waals surface area contributed by atoms with Crippen LogP contribution in [0, 0.1) is 0 Å². The molecule has 0 saturated heterocycles. The van der Waals surface area contributed by atoms with Gasteiger partial charge < -0.3 is 10.5 Å². The lowest BCUT2D eigenvalue weighted by atomic mass is 10.2. The predicted octanol–water partition coefficient (Wildman–Crippen LogP) is 1.13. The number of rotatable bonds is 3. The van der Waals surface area contributed by atoms with Crippen molar-refractivity contribution in [2.45, 2.75) is 39.3 Å². The average Bonchev–Trinajstić information content (AvgIpc) is 1.96. The zero-order chi connectivity index (χ0) is 11.4. The molecule has 1 amide bonds. The van der Waals surface area contributed by atoms with Crippen LogP contribution >= 0.6 is 0 Å². The number of hydrogen-bond acceptors (Lipinski definition) is 4. The molecular formula is C9H20N2O3. The van der Waals surface area contributed by atoms with E-state index in [1.54, 1.807) is 27.7 Å². The van der Waals surface area contributed by atoms with Gasteiger partial charge in [0.2, 0.25) is 0 Å². The molecule has 0 aromatic carbocycles. The third-order valence-electron chi connectivity index (χ3n) is 1.27. The minimum Gasteiger partial charge on any atom is -0.442 e. The number of carbonyl (C=O) groups is 1. The highest BCUT2D eigenvalue weighted by Gasteiger charge is 2.22. The van der Waals surface area contributed by atoms with E-state index >= 15 is 0 Å². The number of nitrogens with two attached hydrogens (primary N) is 1. The molecule has 0 aliphatic heterocycles. The zero-order valence-corrected chi connectivity index (χ0v) is 9.53. The molecule has 0 aromatic heterocycles. The highest BCUT2D eigenvalue weighted by molar-refractivity contribution is 5.66. The summed E-state index contributed by atoms with van der Waals surface area (Å²) in [5.74, 6) is 0. The molecule has 0 radical (unpaired) electrons. The Hall–Kier alpha value is -0.810. The Balaban J connectivity index is 4.18. The normalized spacial score (nSPS) is 13.6. The summed E-state index contributed by atoms with van der Waals surface area (Å²) in [4.78, 5) is 16.3. The quantitative estimate of drug-likeness (QED) is 0.700. The monoisotopic (exact) mass is 204 g/mol. The molecule has 0 aliphatic carbocycles. The Morgan fingerprint density at radius 1 is 1.50 bits per heavy atom. The largest absolute Gasteiger partial charge is 0.442 e. The maximum atomic E-state index is 11.4. The number of amides is 1. The number of hydrogen-bond donors (Lipinski definition) is 1. The van der Waals surface area contributed by atoms with Crippen molar-refractivity contribution in [1.29, 1.82) is 0 Å². The SMILES string of the molecule is CON(CC(C)N)C(=O)OC(C)(C)C. The van der Waals surface area contributed by atoms with Gasteiger partial charge in [-0.15, -0.1) is 0 Å². The summed E-state index contributed by atoms with van der Waals surface area (Å²) in [6.07, 6.45) is -0.516. The maximum absolute atomic E-state index is 11.4. The van der Waals surface area contributed by atoms with Crippen LogP contribution < -0.4 is 5.73 Å². The van der Waals surface area contributed by atoms with E-state index < -0.39 is 11.7 Å². The molecule has 0 spiro atoms. The van der Waals surface area contributed by atoms with E-state index in [2.05, 4.69) is 0 Å². The van der Waals surface area contributed by atoms with Crippen molar-refractivity contribution < 1.29 is 14.4 Å². The summed E-state index contributed by atoms with van der Waals surface area (Å²) in [6, 6.07) is -0.150. The van der Waals surface area contributed by atoms with E-state index in [0.29, 0.717) is 6.54 Å². The number of carbonyl (C=O) groups excluding carboxylic acids is 1. The second kappa shape index (κ2) is 5.17. The molecule has 0 aromatic rings. The van der Waals surface area contributed by atoms with Crippen LogP contribution in [0.15, 0.2) is 0 Å². The van der Waals surface area contributed by atoms with Crippen LogP contribution in [-0.4, -0.2) is 36.5 Å². The van der Waals surface area contributed by atoms with Crippen LogP contribution in [0.1, 0.15) is 27.7 Å². The molecule has 0 bridgehead atoms. The molecule has 5 nitrogen and oxygen atoms in total. The number of ether oxygens (including phenoxy) is 1. The number of nitrogens with zero attached hydrogens (tertiary/aromatic N) is 1. The maximum Gasteiger partial charge on any atom is 0.434 e. The fourth-order valence-corrected chi connectivity index (χ4v) is 0.798. The summed E-state index contributed by atoms with van der Waals surface area (Å²) in [7, 11) is 1.41. The van der Waals surface area contributed by atoms with Crippen molar-refractivity contribution in [3.63, 3.8) is 0 Å². The second-order valence-electron chi connectivity index (χ2n) is 4.20. The van der Waals surface area contributed by atoms with Crippen molar-refractivity contribution in [2.75, 3.05) is 13.7 Å². The van der Waals surface area contributed by atoms with Crippen molar-refractivity contribution >= 4 is 6.09 Å². The van der Waals surface area contributed by atoms with Gasteiger partial charge >= 0.3 is 6.09 Å². The van der Waals surface area contributed by atoms with Crippen LogP contribution in [0.2, 0.25) is 0 Å². The predicted molar refractivity (Wildman–Crippen MR) is 53.6 cm³/mol. The second-order valence-corrected chi connectivity index (χ2v) is 4.20. The average molecular weight is 204 g/mol. The van der Waals surface area contributed by atoms with E-state index in [-0.39, 0.29) is 6.04 Å². The van der Waals surface area contributed by atoms with Gasteiger partial charge in [0.1, 0.15) is 5.60 Å². The van der Waals surface area contributed by atoms with Gasteiger partial charge in [-0.1, -0.05) is 0 Å². The Kier molecular flexibility index (Phi) is 4.87. The summed E-state index contributed by atoms with van der Waals surface area (Å²) >= 11 is 0. The molecule has 5 heteroatoms. The molecule has 14 heavy (non-hydrogen) atoms. The van der Waals surface area contributed by atoms with E-state index in [0.717, 1.165) is 5.06 Å². The van der Waals surface area contributed by atoms with Crippen LogP contribution in [-0.2, 0) is 9.57 Å². The highest BCUT2D eigenvalue weighted by Crippen LogP contribution is 2.09. The van der Waals surface area contributed by atoms with Crippen molar-refractivity contribution in [3.05, 3.63) is 0 Å². The topological polar surface area (TPSA) is 64.8 Å². The summed E-state index contributed by atoms with van der Waals surface area (Å²) < 4.78 is 5.10. The standard InChI is InChI=1S/C9H20N2O3/c1-7(10)6-11(13-5)8(12)14-9(2,3)4/h7H,6,10H2,1-5H3. The first kappa shape index (κ1) is 13.2. The molecule has 0 aliphatic rings. The molecule has 0 rings (SSSR count). The Morgan fingerprint density at radius 3 is 2.29 bits per heavy atom. The highest BCUT2D eigenvalue weighted by atomic mass is 16.7. The molecular weight excluding hydrogens is 184 g/mol. The number of hydroxylamine groups is 2. The Labute approximate surface area is 85.1 Å². The fourth-order valence-electron chi connectivity index (χ4n) is 0.798. The van der Waals surface area contributed by atoms with Crippen molar-refractivity contribution in [2.24, 2.45) is 5.73 Å². The minimum atomic E-state index is -0.522. The molecule has 0 saturated carbocycles. The van der Waals surface area contributed by atoms with Gasteiger partial charge in [0, 0.05) is 6.04 Å². The molecule has 0 heterocycles. The summed E-state index contributed by atoms with van der Waals surface area (Å²) in [6.45, 7) is 7.49. The van der Waals surface area contributed by atoms with E-state index in [1.165, 1.54) is 7.11 Å². The lowest BCUT2D eigenvalue weighted by Gasteiger charge is -2.26. The van der Waals surface area contributed by atoms with E-state index in [4.69, 9.17) is 15.3 Å². The van der Waals surface area contributed by atoms with Gasteiger partial charge in [0.15, 0.2) is 0 Å². The molecule has 84 valence electrons. The van der Waals surface area contributed by atoms with Crippen LogP contribution in [0.4, 0.5) is 4.79 Å². The third kappa shape index (κ3) is 5.77. The lowest BCUT2D eigenvalue weighted by Crippen LogP contribution is -2.41. The van der Waals surface area contributed by atoms with Gasteiger partial charge in [-0.05, 0) is 27.7 Å². The first-order chi connectivity index (χ1) is 6.26. The van der Waals surface area contributed by atoms with Gasteiger partial charge in [-0.25, -0.2) is 4.79 Å². The van der Waals surface area contributed by atoms with Gasteiger partial charge in [-0.3, -0.25) is 4.84 Å². The fraction of sp³-hybridized carbons (Fsp3) is 0.889. The summed E-state index contributed by atoms with van der Waals surface area (Å²) in [5.41, 5.74) is 5.02. The Bertz CT molecular complexity index is 187. The molecule has 0 fully saturated rings. The first-order valence-corrected chi connectivity index (χ1v) is 4.56. The van der Waals surface area contributed by atoms with Crippen molar-refractivity contribution in [3.8, 4) is 0 Å². The van der Waals surface area contributed by atoms with Gasteiger partial charge in [0.25, 0.3) is 0 Å². The zero-order valence-electron chi connectivity index (χ0n) is 9.53. The van der Waals surface area contributed by atoms with E-state index in [1.807, 2.05) is 0 Å². The molecule has 1 unspecified atom stereocenters. The van der Waals surface area contributed by atoms with Crippen LogP contribution in [0.5, 0.6) is 0 Å². The third-order valence-corrected chi connectivity index (χ3v) is 1.27. The van der Waals surface area contributed by atoms with Gasteiger partial charge in [-0.2, -0.15) is 5.06 Å². The summed E-state index contributed by atoms with van der Waals surface area (Å²) in [5, 5.41) is 1.11. The first-order valence-electron chi connectivity index (χ1n) is 4.56. The molecule has 2 N–H and O–H groups in total.